The number of benzene rings is 3. The van der Waals surface area contributed by atoms with Crippen LogP contribution in [0.3, 0.4) is 0 Å². The number of carbonyl (C=O) groups is 4. The molecular formula is C39H41NO20. The fraction of sp³-hybridized carbons (Fsp3) is 0.436. The van der Waals surface area contributed by atoms with Crippen LogP contribution in [-0.2, 0) is 23.7 Å². The topological polar surface area (TPSA) is 349 Å². The van der Waals surface area contributed by atoms with Crippen molar-refractivity contribution in [2.45, 2.75) is 94.3 Å². The highest BCUT2D eigenvalue weighted by Gasteiger charge is 2.51. The number of amides is 1. The van der Waals surface area contributed by atoms with Crippen LogP contribution in [0.1, 0.15) is 84.9 Å². The highest BCUT2D eigenvalue weighted by atomic mass is 16.7. The van der Waals surface area contributed by atoms with E-state index in [1.807, 2.05) is 0 Å². The van der Waals surface area contributed by atoms with Crippen LogP contribution in [-0.4, -0.2) is 155 Å². The van der Waals surface area contributed by atoms with Crippen molar-refractivity contribution in [3.63, 3.8) is 0 Å². The number of aliphatic hydroxyl groups is 6. The number of phenols is 4. The van der Waals surface area contributed by atoms with Gasteiger partial charge in [-0.05, 0) is 49.6 Å². The van der Waals surface area contributed by atoms with Gasteiger partial charge in [0, 0.05) is 22.3 Å². The Hall–Kier alpha value is -5.46. The lowest BCUT2D eigenvalue weighted by molar-refractivity contribution is -0.353. The fourth-order valence-electron chi connectivity index (χ4n) is 7.94. The lowest BCUT2D eigenvalue weighted by Crippen LogP contribution is -2.62. The minimum absolute atomic E-state index is 0.0233. The van der Waals surface area contributed by atoms with Crippen molar-refractivity contribution in [2.24, 2.45) is 0 Å². The molecule has 0 unspecified atom stereocenters. The van der Waals surface area contributed by atoms with E-state index in [4.69, 9.17) is 23.7 Å². The summed E-state index contributed by atoms with van der Waals surface area (Å²) in [6.07, 6.45) is -18.8. The van der Waals surface area contributed by atoms with Gasteiger partial charge in [0.2, 0.25) is 5.75 Å². The predicted molar refractivity (Wildman–Crippen MR) is 195 cm³/mol. The van der Waals surface area contributed by atoms with Crippen LogP contribution in [0.2, 0.25) is 0 Å². The van der Waals surface area contributed by atoms with E-state index in [1.54, 1.807) is 0 Å². The lowest BCUT2D eigenvalue weighted by Gasteiger charge is -2.45. The van der Waals surface area contributed by atoms with E-state index in [1.165, 1.54) is 19.9 Å². The number of ether oxygens (including phenoxy) is 5. The van der Waals surface area contributed by atoms with Crippen molar-refractivity contribution >= 4 is 23.4 Å². The Morgan fingerprint density at radius 3 is 2.02 bits per heavy atom. The Morgan fingerprint density at radius 1 is 0.767 bits per heavy atom. The third-order valence-electron chi connectivity index (χ3n) is 11.2. The zero-order valence-electron chi connectivity index (χ0n) is 32.0. The normalized spacial score (nSPS) is 30.1. The van der Waals surface area contributed by atoms with Gasteiger partial charge in [-0.25, -0.2) is 0 Å². The molecule has 2 fully saturated rings. The first kappa shape index (κ1) is 42.7. The molecule has 21 heteroatoms. The standard InChI is InChI=1S/C39H41NO20/c1-9-5-15-20(29(48)18(9)36(53)40-10(2)37(54)55)19-12(6-13-21(30(19)49)25(44)14-7-17(56-4)28(47)31(50)22(14)24(13)43)26(45)34(15)59-39-33(52)35(23(42)11(3)58-39)60-38-32(51)27(46)16(41)8-57-38/h5-7,10-11,16,23,26-27,32-35,38-39,41-42,45-52H,8H2,1-4H3,(H,40,53)(H,54,55)/t10-,11-,16-,23+,26+,27+,32-,33-,34+,35+,38+,39+/m1/s1. The van der Waals surface area contributed by atoms with E-state index in [9.17, 15) is 75.3 Å². The second kappa shape index (κ2) is 15.5. The number of carbonyl (C=O) groups excluding carboxylic acids is 3. The van der Waals surface area contributed by atoms with Crippen molar-refractivity contribution in [3.05, 3.63) is 62.7 Å². The Kier molecular flexibility index (Phi) is 11.0. The molecule has 2 saturated heterocycles. The molecule has 12 N–H and O–H groups in total. The summed E-state index contributed by atoms with van der Waals surface area (Å²) in [5.74, 6) is -8.86. The van der Waals surface area contributed by atoms with Gasteiger partial charge in [-0.3, -0.25) is 19.2 Å². The van der Waals surface area contributed by atoms with Crippen LogP contribution in [0.15, 0.2) is 18.2 Å². The zero-order chi connectivity index (χ0) is 44.0. The summed E-state index contributed by atoms with van der Waals surface area (Å²) in [7, 11) is 1.12. The Balaban J connectivity index is 1.37. The molecule has 21 nitrogen and oxygen atoms in total. The summed E-state index contributed by atoms with van der Waals surface area (Å²) in [6, 6.07) is 1.70. The molecule has 3 aromatic carbocycles. The maximum atomic E-state index is 14.1. The predicted octanol–water partition coefficient (Wildman–Crippen LogP) is -1.13. The maximum absolute atomic E-state index is 14.1. The lowest BCUT2D eigenvalue weighted by atomic mass is 9.74. The van der Waals surface area contributed by atoms with E-state index in [0.29, 0.717) is 0 Å². The SMILES string of the molecule is COc1cc2c(c(O)c1O)C(=O)c1cc3c(c(O)c1C2=O)-c1c(cc(C)c(C(=O)N[C@H](C)C(=O)O)c1O)[C@H](O[C@@H]1O[C@H](C)[C@H](O)[C@H](O[C@@H]2OC[C@@H](O)[C@H](O)[C@H]2O)[C@H]1O)[C@H]3O. The highest BCUT2D eigenvalue weighted by Crippen LogP contribution is 2.57. The first-order valence-electron chi connectivity index (χ1n) is 18.4. The molecule has 12 atom stereocenters. The van der Waals surface area contributed by atoms with Gasteiger partial charge in [0.25, 0.3) is 5.91 Å². The highest BCUT2D eigenvalue weighted by molar-refractivity contribution is 6.31. The van der Waals surface area contributed by atoms with E-state index in [2.05, 4.69) is 5.32 Å². The molecule has 60 heavy (non-hydrogen) atoms. The molecule has 0 bridgehead atoms. The quantitative estimate of drug-likeness (QED) is 0.0933. The molecule has 1 amide bonds. The molecule has 0 aromatic heterocycles. The summed E-state index contributed by atoms with van der Waals surface area (Å²) in [6.45, 7) is 3.37. The van der Waals surface area contributed by atoms with Gasteiger partial charge in [0.1, 0.15) is 66.4 Å². The second-order valence-corrected chi connectivity index (χ2v) is 14.9. The third-order valence-corrected chi connectivity index (χ3v) is 11.2. The second-order valence-electron chi connectivity index (χ2n) is 14.9. The first-order chi connectivity index (χ1) is 28.2. The van der Waals surface area contributed by atoms with Crippen molar-refractivity contribution in [3.8, 4) is 39.9 Å². The summed E-state index contributed by atoms with van der Waals surface area (Å²) < 4.78 is 27.9. The molecule has 3 aromatic rings. The van der Waals surface area contributed by atoms with Gasteiger partial charge in [-0.2, -0.15) is 0 Å². The smallest absolute Gasteiger partial charge is 0.325 e. The number of phenolic OH excluding ortho intramolecular Hbond substituents is 4. The monoisotopic (exact) mass is 843 g/mol. The molecular weight excluding hydrogens is 802 g/mol. The number of aryl methyl sites for hydroxylation is 1. The van der Waals surface area contributed by atoms with Crippen LogP contribution in [0.25, 0.3) is 11.1 Å². The number of methoxy groups -OCH3 is 1. The van der Waals surface area contributed by atoms with Crippen LogP contribution in [0.5, 0.6) is 28.7 Å². The van der Waals surface area contributed by atoms with Crippen LogP contribution in [0, 0.1) is 6.92 Å². The van der Waals surface area contributed by atoms with Crippen molar-refractivity contribution in [1.82, 2.24) is 5.32 Å². The molecule has 4 aliphatic rings. The van der Waals surface area contributed by atoms with Crippen molar-refractivity contribution < 1.29 is 99.0 Å². The summed E-state index contributed by atoms with van der Waals surface area (Å²) in [4.78, 5) is 53.2. The molecule has 0 spiro atoms. The average Bonchev–Trinajstić information content (AvgIpc) is 3.19. The van der Waals surface area contributed by atoms with Gasteiger partial charge < -0.3 is 85.2 Å². The maximum Gasteiger partial charge on any atom is 0.325 e. The van der Waals surface area contributed by atoms with E-state index < -0.39 is 177 Å². The Morgan fingerprint density at radius 2 is 1.38 bits per heavy atom. The van der Waals surface area contributed by atoms with Crippen LogP contribution in [0.4, 0.5) is 0 Å². The van der Waals surface area contributed by atoms with E-state index >= 15 is 0 Å². The number of aliphatic hydroxyl groups excluding tert-OH is 6. The van der Waals surface area contributed by atoms with Gasteiger partial charge in [0.15, 0.2) is 35.6 Å². The number of rotatable bonds is 8. The van der Waals surface area contributed by atoms with Crippen LogP contribution >= 0.6 is 0 Å². The van der Waals surface area contributed by atoms with Gasteiger partial charge >= 0.3 is 5.97 Å². The van der Waals surface area contributed by atoms with Gasteiger partial charge in [0.05, 0.1) is 36.5 Å². The summed E-state index contributed by atoms with van der Waals surface area (Å²) in [5.41, 5.74) is -4.47. The van der Waals surface area contributed by atoms with Gasteiger partial charge in [-0.15, -0.1) is 0 Å². The van der Waals surface area contributed by atoms with Crippen molar-refractivity contribution in [1.29, 1.82) is 0 Å². The molecule has 2 aliphatic carbocycles. The molecule has 2 aliphatic heterocycles. The number of hydrogen-bond acceptors (Lipinski definition) is 19. The summed E-state index contributed by atoms with van der Waals surface area (Å²) in [5, 5.41) is 122. The molecule has 0 saturated carbocycles. The summed E-state index contributed by atoms with van der Waals surface area (Å²) >= 11 is 0. The first-order valence-corrected chi connectivity index (χ1v) is 18.4. The number of nitrogens with one attached hydrogen (secondary N) is 1. The zero-order valence-corrected chi connectivity index (χ0v) is 32.0. The van der Waals surface area contributed by atoms with E-state index in [0.717, 1.165) is 26.2 Å². The minimum atomic E-state index is -1.99. The average molecular weight is 844 g/mol. The van der Waals surface area contributed by atoms with Crippen molar-refractivity contribution in [2.75, 3.05) is 13.7 Å². The number of carboxylic acids is 1. The molecule has 0 radical (unpaired) electrons. The Labute approximate surface area is 338 Å². The van der Waals surface area contributed by atoms with Crippen LogP contribution < -0.4 is 10.1 Å². The number of carboxylic acid groups (broad SMARTS) is 1. The number of aromatic hydroxyl groups is 4. The molecule has 322 valence electrons. The number of ketones is 2. The number of fused-ring (bicyclic) bond motifs is 5. The minimum Gasteiger partial charge on any atom is -0.506 e. The largest absolute Gasteiger partial charge is 0.506 e. The van der Waals surface area contributed by atoms with E-state index in [-0.39, 0.29) is 11.1 Å². The number of hydrogen-bond donors (Lipinski definition) is 12. The fourth-order valence-corrected chi connectivity index (χ4v) is 7.94. The Bertz CT molecular complexity index is 2310. The van der Waals surface area contributed by atoms with Gasteiger partial charge in [-0.1, -0.05) is 6.07 Å². The number of aliphatic carboxylic acids is 1. The third kappa shape index (κ3) is 6.59. The molecule has 7 rings (SSSR count). The molecule has 2 heterocycles.